The van der Waals surface area contributed by atoms with Gasteiger partial charge in [-0.15, -0.1) is 0 Å². The van der Waals surface area contributed by atoms with Gasteiger partial charge < -0.3 is 16.0 Å². The van der Waals surface area contributed by atoms with E-state index in [9.17, 15) is 14.4 Å². The molecule has 2 aliphatic rings. The van der Waals surface area contributed by atoms with Gasteiger partial charge in [0, 0.05) is 17.0 Å². The zero-order chi connectivity index (χ0) is 21.4. The van der Waals surface area contributed by atoms with Crippen molar-refractivity contribution in [1.82, 2.24) is 0 Å². The second-order valence-corrected chi connectivity index (χ2v) is 7.89. The highest BCUT2D eigenvalue weighted by Gasteiger charge is 2.37. The van der Waals surface area contributed by atoms with E-state index in [0.717, 1.165) is 41.8 Å². The standard InChI is InChI=1S/C23H24N4O3/c1-13-10-19-20(11-14(13)2)27(23(30)17-4-3-5-18(17)26-19)12-21(28)25-16-8-6-15(7-9-16)22(24)29/h6-11,17H,3-5,12H2,1-2H3,(H2,24,29)(H,25,28)/t17-/m0/s1. The Kier molecular flexibility index (Phi) is 5.11. The molecule has 1 fully saturated rings. The van der Waals surface area contributed by atoms with Gasteiger partial charge >= 0.3 is 0 Å². The number of hydrogen-bond donors (Lipinski definition) is 2. The van der Waals surface area contributed by atoms with Gasteiger partial charge in [-0.1, -0.05) is 0 Å². The van der Waals surface area contributed by atoms with Gasteiger partial charge in [-0.3, -0.25) is 19.4 Å². The summed E-state index contributed by atoms with van der Waals surface area (Å²) in [6, 6.07) is 10.2. The summed E-state index contributed by atoms with van der Waals surface area (Å²) >= 11 is 0. The van der Waals surface area contributed by atoms with Crippen LogP contribution in [0.2, 0.25) is 0 Å². The number of nitrogens with two attached hydrogens (primary N) is 1. The SMILES string of the molecule is Cc1cc2c(cc1C)N(CC(=O)Nc1ccc(C(N)=O)cc1)C(=O)[C@H]1CCCC1=N2. The maximum atomic E-state index is 13.3. The van der Waals surface area contributed by atoms with Gasteiger partial charge in [0.25, 0.3) is 0 Å². The summed E-state index contributed by atoms with van der Waals surface area (Å²) in [5.74, 6) is -1.19. The number of amides is 3. The van der Waals surface area contributed by atoms with Crippen LogP contribution in [0, 0.1) is 19.8 Å². The summed E-state index contributed by atoms with van der Waals surface area (Å²) in [5, 5.41) is 2.79. The van der Waals surface area contributed by atoms with Crippen LogP contribution in [-0.2, 0) is 9.59 Å². The van der Waals surface area contributed by atoms with E-state index in [2.05, 4.69) is 5.32 Å². The van der Waals surface area contributed by atoms with E-state index in [1.165, 1.54) is 0 Å². The van der Waals surface area contributed by atoms with E-state index in [4.69, 9.17) is 10.7 Å². The van der Waals surface area contributed by atoms with Crippen molar-refractivity contribution in [3.63, 3.8) is 0 Å². The average Bonchev–Trinajstić information content (AvgIpc) is 3.13. The Morgan fingerprint density at radius 1 is 1.17 bits per heavy atom. The molecule has 1 heterocycles. The van der Waals surface area contributed by atoms with Crippen LogP contribution in [0.15, 0.2) is 41.4 Å². The number of primary amides is 1. The predicted octanol–water partition coefficient (Wildman–Crippen LogP) is 3.26. The lowest BCUT2D eigenvalue weighted by atomic mass is 10.0. The van der Waals surface area contributed by atoms with Gasteiger partial charge in [-0.05, 0) is 80.6 Å². The predicted molar refractivity (Wildman–Crippen MR) is 116 cm³/mol. The maximum absolute atomic E-state index is 13.3. The molecule has 7 nitrogen and oxygen atoms in total. The normalized spacial score (nSPS) is 17.7. The fourth-order valence-electron chi connectivity index (χ4n) is 4.01. The third-order valence-electron chi connectivity index (χ3n) is 5.79. The van der Waals surface area contributed by atoms with Crippen LogP contribution in [0.3, 0.4) is 0 Å². The number of aryl methyl sites for hydroxylation is 2. The number of hydrogen-bond acceptors (Lipinski definition) is 4. The maximum Gasteiger partial charge on any atom is 0.248 e. The molecule has 1 atom stereocenters. The second kappa shape index (κ2) is 7.74. The number of rotatable bonds is 4. The Labute approximate surface area is 175 Å². The summed E-state index contributed by atoms with van der Waals surface area (Å²) in [4.78, 5) is 43.6. The fraction of sp³-hybridized carbons (Fsp3) is 0.304. The summed E-state index contributed by atoms with van der Waals surface area (Å²) in [7, 11) is 0. The van der Waals surface area contributed by atoms with Crippen molar-refractivity contribution in [1.29, 1.82) is 0 Å². The molecule has 0 radical (unpaired) electrons. The van der Waals surface area contributed by atoms with E-state index in [-0.39, 0.29) is 24.3 Å². The van der Waals surface area contributed by atoms with Crippen molar-refractivity contribution in [2.45, 2.75) is 33.1 Å². The topological polar surface area (TPSA) is 105 Å². The number of carbonyl (C=O) groups excluding carboxylic acids is 3. The molecule has 4 rings (SSSR count). The van der Waals surface area contributed by atoms with Crippen molar-refractivity contribution >= 4 is 40.5 Å². The van der Waals surface area contributed by atoms with Gasteiger partial charge in [-0.2, -0.15) is 0 Å². The lowest BCUT2D eigenvalue weighted by Crippen LogP contribution is -2.42. The summed E-state index contributed by atoms with van der Waals surface area (Å²) in [6.45, 7) is 3.89. The van der Waals surface area contributed by atoms with E-state index < -0.39 is 5.91 Å². The smallest absolute Gasteiger partial charge is 0.248 e. The molecule has 154 valence electrons. The number of fused-ring (bicyclic) bond motifs is 2. The Balaban J connectivity index is 1.61. The molecule has 1 saturated carbocycles. The molecule has 0 spiro atoms. The van der Waals surface area contributed by atoms with Gasteiger partial charge in [-0.25, -0.2) is 0 Å². The summed E-state index contributed by atoms with van der Waals surface area (Å²) in [6.07, 6.45) is 2.51. The van der Waals surface area contributed by atoms with Crippen molar-refractivity contribution in [3.8, 4) is 0 Å². The first-order valence-electron chi connectivity index (χ1n) is 10.0. The van der Waals surface area contributed by atoms with Crippen LogP contribution in [0.1, 0.15) is 40.7 Å². The molecule has 1 aliphatic carbocycles. The zero-order valence-corrected chi connectivity index (χ0v) is 17.1. The summed E-state index contributed by atoms with van der Waals surface area (Å²) in [5.41, 5.74) is 10.6. The first kappa shape index (κ1) is 19.8. The van der Waals surface area contributed by atoms with Crippen molar-refractivity contribution in [2.24, 2.45) is 16.6 Å². The molecular formula is C23H24N4O3. The van der Waals surface area contributed by atoms with Crippen LogP contribution < -0.4 is 16.0 Å². The highest BCUT2D eigenvalue weighted by molar-refractivity contribution is 6.17. The van der Waals surface area contributed by atoms with Gasteiger partial charge in [0.2, 0.25) is 17.7 Å². The highest BCUT2D eigenvalue weighted by Crippen LogP contribution is 2.39. The highest BCUT2D eigenvalue weighted by atomic mass is 16.2. The molecule has 0 aromatic heterocycles. The Morgan fingerprint density at radius 3 is 2.57 bits per heavy atom. The second-order valence-electron chi connectivity index (χ2n) is 7.89. The molecule has 2 aromatic carbocycles. The van der Waals surface area contributed by atoms with Crippen LogP contribution in [0.5, 0.6) is 0 Å². The number of aliphatic imine (C=N–C) groups is 1. The number of nitrogens with one attached hydrogen (secondary N) is 1. The molecule has 0 bridgehead atoms. The Bertz CT molecular complexity index is 1070. The molecule has 1 aliphatic heterocycles. The minimum Gasteiger partial charge on any atom is -0.366 e. The Hall–Kier alpha value is -3.48. The number of carbonyl (C=O) groups is 3. The third kappa shape index (κ3) is 3.70. The van der Waals surface area contributed by atoms with Gasteiger partial charge in [0.15, 0.2) is 0 Å². The molecule has 30 heavy (non-hydrogen) atoms. The largest absolute Gasteiger partial charge is 0.366 e. The molecule has 0 saturated heterocycles. The molecule has 0 unspecified atom stereocenters. The van der Waals surface area contributed by atoms with E-state index in [1.54, 1.807) is 29.2 Å². The number of anilines is 2. The van der Waals surface area contributed by atoms with E-state index in [1.807, 2.05) is 26.0 Å². The third-order valence-corrected chi connectivity index (χ3v) is 5.79. The molecule has 3 N–H and O–H groups in total. The van der Waals surface area contributed by atoms with Crippen LogP contribution in [0.4, 0.5) is 17.1 Å². The van der Waals surface area contributed by atoms with Gasteiger partial charge in [0.05, 0.1) is 17.3 Å². The van der Waals surface area contributed by atoms with Gasteiger partial charge in [0.1, 0.15) is 6.54 Å². The van der Waals surface area contributed by atoms with E-state index >= 15 is 0 Å². The quantitative estimate of drug-likeness (QED) is 0.817. The number of benzene rings is 2. The van der Waals surface area contributed by atoms with Crippen molar-refractivity contribution in [2.75, 3.05) is 16.8 Å². The lowest BCUT2D eigenvalue weighted by Gasteiger charge is -2.25. The minimum atomic E-state index is -0.530. The molecule has 2 aromatic rings. The van der Waals surface area contributed by atoms with E-state index in [0.29, 0.717) is 16.9 Å². The fourth-order valence-corrected chi connectivity index (χ4v) is 4.01. The Morgan fingerprint density at radius 2 is 1.87 bits per heavy atom. The van der Waals surface area contributed by atoms with Crippen molar-refractivity contribution < 1.29 is 14.4 Å². The lowest BCUT2D eigenvalue weighted by molar-refractivity contribution is -0.122. The molecule has 3 amide bonds. The first-order chi connectivity index (χ1) is 14.3. The number of nitrogens with zero attached hydrogens (tertiary/aromatic N) is 2. The van der Waals surface area contributed by atoms with Crippen molar-refractivity contribution in [3.05, 3.63) is 53.1 Å². The monoisotopic (exact) mass is 404 g/mol. The molecule has 7 heteroatoms. The molecular weight excluding hydrogens is 380 g/mol. The summed E-state index contributed by atoms with van der Waals surface area (Å²) < 4.78 is 0. The minimum absolute atomic E-state index is 0.0764. The van der Waals surface area contributed by atoms with Crippen LogP contribution in [0.25, 0.3) is 0 Å². The van der Waals surface area contributed by atoms with Crippen LogP contribution in [-0.4, -0.2) is 30.0 Å². The first-order valence-corrected chi connectivity index (χ1v) is 10.0. The average molecular weight is 404 g/mol. The zero-order valence-electron chi connectivity index (χ0n) is 17.1. The van der Waals surface area contributed by atoms with Crippen LogP contribution >= 0.6 is 0 Å².